The minimum absolute atomic E-state index is 0.00622. The van der Waals surface area contributed by atoms with Crippen molar-refractivity contribution < 1.29 is 22.9 Å². The molecule has 0 aliphatic carbocycles. The number of H-pyrrole nitrogens is 1. The van der Waals surface area contributed by atoms with Crippen LogP contribution in [-0.2, 0) is 13.6 Å². The fourth-order valence-electron chi connectivity index (χ4n) is 2.51. The van der Waals surface area contributed by atoms with Crippen LogP contribution in [-0.4, -0.2) is 27.7 Å². The zero-order valence-electron chi connectivity index (χ0n) is 14.2. The number of rotatable bonds is 7. The molecule has 0 aliphatic rings. The van der Waals surface area contributed by atoms with Crippen LogP contribution >= 0.6 is 7.60 Å². The highest BCUT2D eigenvalue weighted by atomic mass is 31.2. The minimum atomic E-state index is -3.89. The van der Waals surface area contributed by atoms with Crippen molar-refractivity contribution in [1.82, 2.24) is 9.55 Å². The Labute approximate surface area is 146 Å². The van der Waals surface area contributed by atoms with Gasteiger partial charge in [-0.05, 0) is 20.8 Å². The van der Waals surface area contributed by atoms with Gasteiger partial charge in [0.15, 0.2) is 0 Å². The monoisotopic (exact) mass is 389 g/mol. The molecule has 2 aromatic rings. The average Bonchev–Trinajstić information content (AvgIpc) is 2.55. The maximum Gasteiger partial charge on any atom is 0.353 e. The first kappa shape index (κ1) is 20.0. The predicted molar refractivity (Wildman–Crippen MR) is 91.0 cm³/mol. The molecule has 26 heavy (non-hydrogen) atoms. The normalized spacial score (nSPS) is 13.1. The van der Waals surface area contributed by atoms with Gasteiger partial charge in [-0.1, -0.05) is 0 Å². The van der Waals surface area contributed by atoms with Crippen LogP contribution < -0.4 is 11.1 Å². The van der Waals surface area contributed by atoms with Crippen LogP contribution in [0.5, 0.6) is 0 Å². The summed E-state index contributed by atoms with van der Waals surface area (Å²) in [5, 5.41) is 11.0. The number of nitrogens with zero attached hydrogens (tertiary/aromatic N) is 2. The highest BCUT2D eigenvalue weighted by molar-refractivity contribution is 7.53. The summed E-state index contributed by atoms with van der Waals surface area (Å²) in [7, 11) is -3.89. The molecule has 0 amide bonds. The van der Waals surface area contributed by atoms with Crippen LogP contribution in [0.2, 0.25) is 0 Å². The molecule has 0 saturated heterocycles. The van der Waals surface area contributed by atoms with E-state index in [0.717, 1.165) is 16.7 Å². The SMILES string of the molecule is CCOP(=O)(OCC)C(C)n1c(=O)c(=O)[nH]c2cc(F)c([N+](=O)[O-])cc21. The Morgan fingerprint density at radius 1 is 1.31 bits per heavy atom. The summed E-state index contributed by atoms with van der Waals surface area (Å²) in [6, 6.07) is 1.52. The molecule has 0 fully saturated rings. The van der Waals surface area contributed by atoms with Crippen molar-refractivity contribution in [2.75, 3.05) is 13.2 Å². The molecule has 0 spiro atoms. The van der Waals surface area contributed by atoms with E-state index in [9.17, 15) is 28.7 Å². The molecule has 10 nitrogen and oxygen atoms in total. The Morgan fingerprint density at radius 3 is 2.38 bits per heavy atom. The summed E-state index contributed by atoms with van der Waals surface area (Å²) in [6.07, 6.45) is 0. The first-order chi connectivity index (χ1) is 12.2. The number of hydrogen-bond acceptors (Lipinski definition) is 7. The fraction of sp³-hybridized carbons (Fsp3) is 0.429. The summed E-state index contributed by atoms with van der Waals surface area (Å²) < 4.78 is 38.0. The zero-order chi connectivity index (χ0) is 19.6. The number of nitrogens with one attached hydrogen (secondary N) is 1. The molecular formula is C14H17FN3O7P. The first-order valence-corrected chi connectivity index (χ1v) is 9.28. The topological polar surface area (TPSA) is 134 Å². The number of halogens is 1. The summed E-state index contributed by atoms with van der Waals surface area (Å²) in [4.78, 5) is 36.5. The smallest absolute Gasteiger partial charge is 0.316 e. The third kappa shape index (κ3) is 3.46. The van der Waals surface area contributed by atoms with E-state index >= 15 is 0 Å². The van der Waals surface area contributed by atoms with Crippen molar-refractivity contribution >= 4 is 24.3 Å². The number of hydrogen-bond donors (Lipinski definition) is 1. The molecule has 0 radical (unpaired) electrons. The Kier molecular flexibility index (Phi) is 5.74. The number of benzene rings is 1. The minimum Gasteiger partial charge on any atom is -0.316 e. The quantitative estimate of drug-likeness (QED) is 0.333. The van der Waals surface area contributed by atoms with Gasteiger partial charge < -0.3 is 14.0 Å². The van der Waals surface area contributed by atoms with Gasteiger partial charge in [-0.2, -0.15) is 4.39 Å². The standard InChI is InChI=1S/C14H17FN3O7P/c1-4-24-26(23,25-5-2)8(3)17-12-7-11(18(21)22)9(15)6-10(12)16-13(19)14(17)20/h6-8H,4-5H2,1-3H3,(H,16,19). The second kappa shape index (κ2) is 7.48. The first-order valence-electron chi connectivity index (χ1n) is 7.67. The van der Waals surface area contributed by atoms with E-state index in [0.29, 0.717) is 0 Å². The number of aromatic amines is 1. The third-order valence-electron chi connectivity index (χ3n) is 3.63. The van der Waals surface area contributed by atoms with Crippen LogP contribution in [0.1, 0.15) is 26.6 Å². The summed E-state index contributed by atoms with van der Waals surface area (Å²) in [5.41, 5.74) is -3.45. The molecule has 1 atom stereocenters. The Balaban J connectivity index is 2.87. The molecule has 1 N–H and O–H groups in total. The van der Waals surface area contributed by atoms with Gasteiger partial charge in [0.2, 0.25) is 5.82 Å². The lowest BCUT2D eigenvalue weighted by Gasteiger charge is -2.25. The Hall–Kier alpha value is -2.36. The van der Waals surface area contributed by atoms with E-state index in [1.807, 2.05) is 0 Å². The van der Waals surface area contributed by atoms with Crippen molar-refractivity contribution in [2.45, 2.75) is 26.6 Å². The summed E-state index contributed by atoms with van der Waals surface area (Å²) in [5.74, 6) is -2.46. The molecule has 0 aliphatic heterocycles. The zero-order valence-corrected chi connectivity index (χ0v) is 15.1. The van der Waals surface area contributed by atoms with E-state index in [2.05, 4.69) is 4.98 Å². The van der Waals surface area contributed by atoms with Gasteiger partial charge >= 0.3 is 24.4 Å². The van der Waals surface area contributed by atoms with E-state index in [1.54, 1.807) is 13.8 Å². The largest absolute Gasteiger partial charge is 0.353 e. The maximum atomic E-state index is 13.9. The van der Waals surface area contributed by atoms with E-state index in [1.165, 1.54) is 6.92 Å². The number of fused-ring (bicyclic) bond motifs is 1. The van der Waals surface area contributed by atoms with Crippen LogP contribution in [0.4, 0.5) is 10.1 Å². The highest BCUT2D eigenvalue weighted by Crippen LogP contribution is 2.58. The predicted octanol–water partition coefficient (Wildman–Crippen LogP) is 2.52. The molecule has 1 aromatic heterocycles. The summed E-state index contributed by atoms with van der Waals surface area (Å²) in [6.45, 7) is 4.47. The number of aromatic nitrogens is 2. The van der Waals surface area contributed by atoms with E-state index < -0.39 is 40.9 Å². The van der Waals surface area contributed by atoms with Crippen molar-refractivity contribution in [1.29, 1.82) is 0 Å². The van der Waals surface area contributed by atoms with Crippen LogP contribution in [0.15, 0.2) is 21.7 Å². The molecule has 0 saturated carbocycles. The molecule has 1 unspecified atom stereocenters. The van der Waals surface area contributed by atoms with E-state index in [4.69, 9.17) is 9.05 Å². The summed E-state index contributed by atoms with van der Waals surface area (Å²) >= 11 is 0. The molecular weight excluding hydrogens is 372 g/mol. The van der Waals surface area contributed by atoms with Gasteiger partial charge in [-0.3, -0.25) is 28.8 Å². The molecule has 142 valence electrons. The third-order valence-corrected chi connectivity index (χ3v) is 6.01. The lowest BCUT2D eigenvalue weighted by atomic mass is 10.2. The Bertz CT molecular complexity index is 1010. The Morgan fingerprint density at radius 2 is 1.88 bits per heavy atom. The molecule has 0 bridgehead atoms. The van der Waals surface area contributed by atoms with Crippen molar-refractivity contribution in [3.63, 3.8) is 0 Å². The maximum absolute atomic E-state index is 13.9. The van der Waals surface area contributed by atoms with Gasteiger partial charge in [-0.25, -0.2) is 0 Å². The highest BCUT2D eigenvalue weighted by Gasteiger charge is 2.36. The molecule has 2 rings (SSSR count). The number of nitro groups is 1. The lowest BCUT2D eigenvalue weighted by Crippen LogP contribution is -2.38. The second-order valence-corrected chi connectivity index (χ2v) is 7.56. The second-order valence-electron chi connectivity index (χ2n) is 5.21. The average molecular weight is 389 g/mol. The van der Waals surface area contributed by atoms with Gasteiger partial charge in [0.05, 0.1) is 29.2 Å². The van der Waals surface area contributed by atoms with Gasteiger partial charge in [0, 0.05) is 12.1 Å². The van der Waals surface area contributed by atoms with E-state index in [-0.39, 0.29) is 24.2 Å². The molecule has 1 heterocycles. The van der Waals surface area contributed by atoms with Crippen molar-refractivity contribution in [3.05, 3.63) is 48.8 Å². The number of nitro benzene ring substituents is 1. The van der Waals surface area contributed by atoms with Crippen molar-refractivity contribution in [3.8, 4) is 0 Å². The lowest BCUT2D eigenvalue weighted by molar-refractivity contribution is -0.387. The molecule has 12 heteroatoms. The van der Waals surface area contributed by atoms with Crippen LogP contribution in [0, 0.1) is 15.9 Å². The van der Waals surface area contributed by atoms with Gasteiger partial charge in [0.1, 0.15) is 5.78 Å². The van der Waals surface area contributed by atoms with Crippen LogP contribution in [0.25, 0.3) is 11.0 Å². The van der Waals surface area contributed by atoms with Crippen LogP contribution in [0.3, 0.4) is 0 Å². The van der Waals surface area contributed by atoms with Gasteiger partial charge in [-0.15, -0.1) is 0 Å². The van der Waals surface area contributed by atoms with Crippen molar-refractivity contribution in [2.24, 2.45) is 0 Å². The fourth-order valence-corrected chi connectivity index (χ4v) is 4.25. The molecule has 1 aromatic carbocycles. The van der Waals surface area contributed by atoms with Gasteiger partial charge in [0.25, 0.3) is 0 Å².